The van der Waals surface area contributed by atoms with Gasteiger partial charge in [0.1, 0.15) is 0 Å². The van der Waals surface area contributed by atoms with Crippen LogP contribution in [-0.2, 0) is 6.42 Å². The molecule has 1 aromatic heterocycles. The second-order valence-corrected chi connectivity index (χ2v) is 4.89. The first kappa shape index (κ1) is 15.6. The lowest BCUT2D eigenvalue weighted by molar-refractivity contribution is 0.352. The standard InChI is InChI=1S/C15H19F2N3O/c1-3-5-11(18-4-2)9-14-19-15(20-21-14)10-6-7-12(16)13(17)8-10/h6-8,11,18H,3-5,9H2,1-2H3. The Morgan fingerprint density at radius 2 is 2.05 bits per heavy atom. The van der Waals surface area contributed by atoms with Crippen LogP contribution in [0.15, 0.2) is 22.7 Å². The van der Waals surface area contributed by atoms with Gasteiger partial charge in [-0.25, -0.2) is 8.78 Å². The molecule has 0 saturated heterocycles. The van der Waals surface area contributed by atoms with Crippen molar-refractivity contribution in [3.05, 3.63) is 35.7 Å². The summed E-state index contributed by atoms with van der Waals surface area (Å²) in [6, 6.07) is 3.83. The Kier molecular flexibility index (Phi) is 5.38. The zero-order valence-electron chi connectivity index (χ0n) is 12.2. The number of rotatable bonds is 7. The third-order valence-corrected chi connectivity index (χ3v) is 3.20. The van der Waals surface area contributed by atoms with Crippen molar-refractivity contribution < 1.29 is 13.3 Å². The average molecular weight is 295 g/mol. The highest BCUT2D eigenvalue weighted by Crippen LogP contribution is 2.19. The lowest BCUT2D eigenvalue weighted by atomic mass is 10.1. The number of nitrogens with one attached hydrogen (secondary N) is 1. The first-order valence-corrected chi connectivity index (χ1v) is 7.15. The molecule has 2 rings (SSSR count). The van der Waals surface area contributed by atoms with Gasteiger partial charge in [0.25, 0.3) is 0 Å². The molecular formula is C15H19F2N3O. The summed E-state index contributed by atoms with van der Waals surface area (Å²) in [7, 11) is 0. The minimum Gasteiger partial charge on any atom is -0.339 e. The van der Waals surface area contributed by atoms with Gasteiger partial charge in [0.15, 0.2) is 11.6 Å². The van der Waals surface area contributed by atoms with Crippen LogP contribution in [0.1, 0.15) is 32.6 Å². The van der Waals surface area contributed by atoms with E-state index in [0.29, 0.717) is 17.9 Å². The van der Waals surface area contributed by atoms with Crippen LogP contribution in [0, 0.1) is 11.6 Å². The second kappa shape index (κ2) is 7.26. The van der Waals surface area contributed by atoms with Crippen LogP contribution in [0.25, 0.3) is 11.4 Å². The molecule has 0 aliphatic heterocycles. The van der Waals surface area contributed by atoms with Crippen molar-refractivity contribution >= 4 is 0 Å². The summed E-state index contributed by atoms with van der Waals surface area (Å²) in [5, 5.41) is 7.19. The quantitative estimate of drug-likeness (QED) is 0.851. The van der Waals surface area contributed by atoms with E-state index in [-0.39, 0.29) is 11.9 Å². The second-order valence-electron chi connectivity index (χ2n) is 4.89. The summed E-state index contributed by atoms with van der Waals surface area (Å²) in [5.41, 5.74) is 0.402. The monoisotopic (exact) mass is 295 g/mol. The smallest absolute Gasteiger partial charge is 0.228 e. The summed E-state index contributed by atoms with van der Waals surface area (Å²) in [6.45, 7) is 5.03. The van der Waals surface area contributed by atoms with Gasteiger partial charge in [-0.05, 0) is 31.2 Å². The number of halogens is 2. The van der Waals surface area contributed by atoms with Gasteiger partial charge in [-0.1, -0.05) is 25.4 Å². The van der Waals surface area contributed by atoms with Gasteiger partial charge in [0.2, 0.25) is 11.7 Å². The molecule has 0 bridgehead atoms. The van der Waals surface area contributed by atoms with E-state index in [1.165, 1.54) is 6.07 Å². The number of nitrogens with zero attached hydrogens (tertiary/aromatic N) is 2. The average Bonchev–Trinajstić information content (AvgIpc) is 2.91. The van der Waals surface area contributed by atoms with Gasteiger partial charge in [0.05, 0.1) is 0 Å². The molecule has 0 aliphatic carbocycles. The Balaban J connectivity index is 2.11. The normalized spacial score (nSPS) is 12.6. The molecule has 6 heteroatoms. The van der Waals surface area contributed by atoms with Crippen molar-refractivity contribution in [3.63, 3.8) is 0 Å². The minimum absolute atomic E-state index is 0.274. The van der Waals surface area contributed by atoms with Crippen molar-refractivity contribution in [2.24, 2.45) is 0 Å². The SMILES string of the molecule is CCCC(Cc1nc(-c2ccc(F)c(F)c2)no1)NCC. The van der Waals surface area contributed by atoms with Crippen LogP contribution in [0.4, 0.5) is 8.78 Å². The lowest BCUT2D eigenvalue weighted by Gasteiger charge is -2.14. The Bertz CT molecular complexity index is 580. The molecule has 114 valence electrons. The van der Waals surface area contributed by atoms with Gasteiger partial charge in [0, 0.05) is 18.0 Å². The van der Waals surface area contributed by atoms with Crippen LogP contribution in [0.2, 0.25) is 0 Å². The number of likely N-dealkylation sites (N-methyl/N-ethyl adjacent to an activating group) is 1. The van der Waals surface area contributed by atoms with Gasteiger partial charge in [-0.15, -0.1) is 0 Å². The van der Waals surface area contributed by atoms with E-state index in [0.717, 1.165) is 31.5 Å². The number of benzene rings is 1. The summed E-state index contributed by atoms with van der Waals surface area (Å²) in [6.07, 6.45) is 2.69. The number of aromatic nitrogens is 2. The maximum Gasteiger partial charge on any atom is 0.228 e. The minimum atomic E-state index is -0.921. The molecule has 0 radical (unpaired) electrons. The maximum atomic E-state index is 13.2. The van der Waals surface area contributed by atoms with E-state index in [1.807, 2.05) is 6.92 Å². The van der Waals surface area contributed by atoms with Crippen molar-refractivity contribution in [3.8, 4) is 11.4 Å². The van der Waals surface area contributed by atoms with Crippen molar-refractivity contribution in [2.75, 3.05) is 6.54 Å². The fraction of sp³-hybridized carbons (Fsp3) is 0.467. The summed E-state index contributed by atoms with van der Waals surface area (Å²) in [5.74, 6) is -1.04. The Hall–Kier alpha value is -1.82. The fourth-order valence-electron chi connectivity index (χ4n) is 2.21. The molecule has 0 spiro atoms. The van der Waals surface area contributed by atoms with Gasteiger partial charge < -0.3 is 9.84 Å². The molecule has 1 heterocycles. The Morgan fingerprint density at radius 1 is 1.24 bits per heavy atom. The van der Waals surface area contributed by atoms with Gasteiger partial charge in [-0.3, -0.25) is 0 Å². The van der Waals surface area contributed by atoms with Crippen LogP contribution < -0.4 is 5.32 Å². The maximum absolute atomic E-state index is 13.2. The number of hydrogen-bond donors (Lipinski definition) is 1. The highest BCUT2D eigenvalue weighted by atomic mass is 19.2. The van der Waals surface area contributed by atoms with Crippen molar-refractivity contribution in [1.82, 2.24) is 15.5 Å². The molecular weight excluding hydrogens is 276 g/mol. The Morgan fingerprint density at radius 3 is 2.71 bits per heavy atom. The first-order valence-electron chi connectivity index (χ1n) is 7.15. The molecule has 0 amide bonds. The molecule has 0 saturated carbocycles. The largest absolute Gasteiger partial charge is 0.339 e. The van der Waals surface area contributed by atoms with Crippen LogP contribution in [-0.4, -0.2) is 22.7 Å². The molecule has 0 fully saturated rings. The van der Waals surface area contributed by atoms with E-state index in [2.05, 4.69) is 22.4 Å². The molecule has 0 aliphatic rings. The van der Waals surface area contributed by atoms with Crippen molar-refractivity contribution in [2.45, 2.75) is 39.2 Å². The molecule has 4 nitrogen and oxygen atoms in total. The summed E-state index contributed by atoms with van der Waals surface area (Å²) >= 11 is 0. The third kappa shape index (κ3) is 4.07. The van der Waals surface area contributed by atoms with E-state index in [1.54, 1.807) is 0 Å². The molecule has 21 heavy (non-hydrogen) atoms. The van der Waals surface area contributed by atoms with Gasteiger partial charge in [-0.2, -0.15) is 4.98 Å². The van der Waals surface area contributed by atoms with Crippen LogP contribution >= 0.6 is 0 Å². The summed E-state index contributed by atoms with van der Waals surface area (Å²) in [4.78, 5) is 4.25. The van der Waals surface area contributed by atoms with Crippen molar-refractivity contribution in [1.29, 1.82) is 0 Å². The highest BCUT2D eigenvalue weighted by Gasteiger charge is 2.15. The molecule has 1 N–H and O–H groups in total. The zero-order chi connectivity index (χ0) is 15.2. The predicted octanol–water partition coefficient (Wildman–Crippen LogP) is 3.34. The van der Waals surface area contributed by atoms with E-state index >= 15 is 0 Å². The topological polar surface area (TPSA) is 51.0 Å². The predicted molar refractivity (Wildman–Crippen MR) is 75.7 cm³/mol. The highest BCUT2D eigenvalue weighted by molar-refractivity contribution is 5.54. The third-order valence-electron chi connectivity index (χ3n) is 3.20. The molecule has 2 aromatic rings. The number of hydrogen-bond acceptors (Lipinski definition) is 4. The van der Waals surface area contributed by atoms with Crippen LogP contribution in [0.3, 0.4) is 0 Å². The zero-order valence-corrected chi connectivity index (χ0v) is 12.2. The van der Waals surface area contributed by atoms with Crippen LogP contribution in [0.5, 0.6) is 0 Å². The summed E-state index contributed by atoms with van der Waals surface area (Å²) < 4.78 is 31.3. The molecule has 1 aromatic carbocycles. The molecule has 1 unspecified atom stereocenters. The Labute approximate surface area is 122 Å². The van der Waals surface area contributed by atoms with Gasteiger partial charge >= 0.3 is 0 Å². The fourth-order valence-corrected chi connectivity index (χ4v) is 2.21. The van der Waals surface area contributed by atoms with E-state index < -0.39 is 11.6 Å². The lowest BCUT2D eigenvalue weighted by Crippen LogP contribution is -2.30. The first-order chi connectivity index (χ1) is 10.1. The van der Waals surface area contributed by atoms with E-state index in [4.69, 9.17) is 4.52 Å². The molecule has 1 atom stereocenters. The van der Waals surface area contributed by atoms with E-state index in [9.17, 15) is 8.78 Å².